The van der Waals surface area contributed by atoms with Crippen molar-refractivity contribution in [2.24, 2.45) is 0 Å². The van der Waals surface area contributed by atoms with Crippen LogP contribution in [0.25, 0.3) is 0 Å². The fraction of sp³-hybridized carbons (Fsp3) is 0.400. The lowest BCUT2D eigenvalue weighted by atomic mass is 10.1. The molecule has 1 saturated heterocycles. The van der Waals surface area contributed by atoms with Gasteiger partial charge in [0, 0.05) is 25.1 Å². The van der Waals surface area contributed by atoms with E-state index in [1.165, 1.54) is 6.07 Å². The summed E-state index contributed by atoms with van der Waals surface area (Å²) < 4.78 is 19.6. The molecule has 0 N–H and O–H groups in total. The van der Waals surface area contributed by atoms with Gasteiger partial charge in [-0.2, -0.15) is 0 Å². The molecule has 5 nitrogen and oxygen atoms in total. The predicted octanol–water partition coefficient (Wildman–Crippen LogP) is 2.37. The Morgan fingerprint density at radius 3 is 2.86 bits per heavy atom. The number of rotatable bonds is 3. The number of ether oxygens (including phenoxy) is 1. The van der Waals surface area contributed by atoms with Crippen molar-refractivity contribution >= 4 is 5.82 Å². The summed E-state index contributed by atoms with van der Waals surface area (Å²) >= 11 is 0. The van der Waals surface area contributed by atoms with Crippen LogP contribution in [0.5, 0.6) is 6.01 Å². The van der Waals surface area contributed by atoms with Gasteiger partial charge >= 0.3 is 6.01 Å². The van der Waals surface area contributed by atoms with Gasteiger partial charge in [-0.15, -0.1) is 0 Å². The van der Waals surface area contributed by atoms with Crippen LogP contribution in [0, 0.1) is 12.7 Å². The van der Waals surface area contributed by atoms with Crippen molar-refractivity contribution in [2.45, 2.75) is 25.9 Å². The molecule has 2 aromatic rings. The Morgan fingerprint density at radius 1 is 1.29 bits per heavy atom. The summed E-state index contributed by atoms with van der Waals surface area (Å²) in [5.41, 5.74) is 0.989. The van der Waals surface area contributed by atoms with E-state index in [0.717, 1.165) is 24.9 Å². The zero-order valence-corrected chi connectivity index (χ0v) is 11.9. The summed E-state index contributed by atoms with van der Waals surface area (Å²) in [5.74, 6) is 0.0837. The molecule has 1 atom stereocenters. The molecule has 0 amide bonds. The summed E-state index contributed by atoms with van der Waals surface area (Å²) in [6.45, 7) is 3.30. The first-order valence-electron chi connectivity index (χ1n) is 7.03. The molecule has 1 unspecified atom stereocenters. The van der Waals surface area contributed by atoms with Crippen LogP contribution in [-0.2, 0) is 0 Å². The van der Waals surface area contributed by atoms with Crippen LogP contribution in [0.2, 0.25) is 0 Å². The molecule has 1 aliphatic rings. The number of piperidine rings is 1. The van der Waals surface area contributed by atoms with Gasteiger partial charge in [0.25, 0.3) is 0 Å². The maximum Gasteiger partial charge on any atom is 0.316 e. The van der Waals surface area contributed by atoms with Crippen molar-refractivity contribution in [1.29, 1.82) is 0 Å². The average Bonchev–Trinajstić information content (AvgIpc) is 2.50. The van der Waals surface area contributed by atoms with Crippen molar-refractivity contribution < 1.29 is 9.13 Å². The monoisotopic (exact) mass is 288 g/mol. The summed E-state index contributed by atoms with van der Waals surface area (Å²) in [4.78, 5) is 14.3. The summed E-state index contributed by atoms with van der Waals surface area (Å²) in [7, 11) is 0. The maximum atomic E-state index is 13.8. The number of nitrogens with zero attached hydrogens (tertiary/aromatic N) is 4. The number of hydrogen-bond donors (Lipinski definition) is 0. The molecule has 3 rings (SSSR count). The number of aromatic nitrogens is 3. The highest BCUT2D eigenvalue weighted by Gasteiger charge is 2.24. The summed E-state index contributed by atoms with van der Waals surface area (Å²) in [6.07, 6.45) is 6.83. The minimum absolute atomic E-state index is 0.0529. The van der Waals surface area contributed by atoms with E-state index in [1.54, 1.807) is 24.7 Å². The Kier molecular flexibility index (Phi) is 3.94. The lowest BCUT2D eigenvalue weighted by Gasteiger charge is -2.33. The highest BCUT2D eigenvalue weighted by molar-refractivity contribution is 5.40. The molecule has 0 saturated carbocycles. The van der Waals surface area contributed by atoms with Gasteiger partial charge in [-0.05, 0) is 37.5 Å². The molecule has 6 heteroatoms. The quantitative estimate of drug-likeness (QED) is 0.868. The Morgan fingerprint density at radius 2 is 2.10 bits per heavy atom. The van der Waals surface area contributed by atoms with Crippen molar-refractivity contribution in [3.63, 3.8) is 0 Å². The maximum absolute atomic E-state index is 13.8. The first-order valence-corrected chi connectivity index (χ1v) is 7.03. The molecule has 21 heavy (non-hydrogen) atoms. The molecule has 0 spiro atoms. The third-order valence-corrected chi connectivity index (χ3v) is 3.45. The van der Waals surface area contributed by atoms with E-state index in [4.69, 9.17) is 4.74 Å². The highest BCUT2D eigenvalue weighted by Crippen LogP contribution is 2.22. The van der Waals surface area contributed by atoms with E-state index in [1.807, 2.05) is 11.8 Å². The van der Waals surface area contributed by atoms with Crippen LogP contribution in [0.3, 0.4) is 0 Å². The summed E-state index contributed by atoms with van der Waals surface area (Å²) in [6, 6.07) is 3.39. The molecular formula is C15H17FN4O. The van der Waals surface area contributed by atoms with E-state index >= 15 is 0 Å². The fourth-order valence-corrected chi connectivity index (χ4v) is 2.43. The van der Waals surface area contributed by atoms with Gasteiger partial charge in [0.05, 0.1) is 6.54 Å². The SMILES string of the molecule is Cc1cnc(OC2CCCN(c3ncccc3F)C2)nc1. The second-order valence-electron chi connectivity index (χ2n) is 5.18. The number of anilines is 1. The lowest BCUT2D eigenvalue weighted by Crippen LogP contribution is -2.42. The molecular weight excluding hydrogens is 271 g/mol. The Bertz CT molecular complexity index is 605. The molecule has 1 fully saturated rings. The van der Waals surface area contributed by atoms with Gasteiger partial charge in [-0.25, -0.2) is 19.3 Å². The number of hydrogen-bond acceptors (Lipinski definition) is 5. The Labute approximate surface area is 122 Å². The van der Waals surface area contributed by atoms with Crippen LogP contribution in [-0.4, -0.2) is 34.1 Å². The lowest BCUT2D eigenvalue weighted by molar-refractivity contribution is 0.164. The first-order chi connectivity index (χ1) is 10.2. The predicted molar refractivity (Wildman–Crippen MR) is 76.8 cm³/mol. The van der Waals surface area contributed by atoms with Gasteiger partial charge < -0.3 is 9.64 Å². The molecule has 110 valence electrons. The third kappa shape index (κ3) is 3.26. The molecule has 2 aromatic heterocycles. The number of pyridine rings is 1. The van der Waals surface area contributed by atoms with Gasteiger partial charge in [0.1, 0.15) is 6.10 Å². The molecule has 0 aliphatic carbocycles. The van der Waals surface area contributed by atoms with Crippen molar-refractivity contribution in [1.82, 2.24) is 15.0 Å². The second-order valence-corrected chi connectivity index (χ2v) is 5.18. The normalized spacial score (nSPS) is 18.6. The van der Waals surface area contributed by atoms with E-state index in [-0.39, 0.29) is 11.9 Å². The Balaban J connectivity index is 1.68. The molecule has 0 radical (unpaired) electrons. The van der Waals surface area contributed by atoms with Crippen LogP contribution in [0.15, 0.2) is 30.7 Å². The van der Waals surface area contributed by atoms with Gasteiger partial charge in [-0.1, -0.05) is 0 Å². The van der Waals surface area contributed by atoms with E-state index in [2.05, 4.69) is 15.0 Å². The van der Waals surface area contributed by atoms with Gasteiger partial charge in [-0.3, -0.25) is 0 Å². The minimum Gasteiger partial charge on any atom is -0.458 e. The minimum atomic E-state index is -0.301. The fourth-order valence-electron chi connectivity index (χ4n) is 2.43. The Hall–Kier alpha value is -2.24. The largest absolute Gasteiger partial charge is 0.458 e. The molecule has 0 bridgehead atoms. The van der Waals surface area contributed by atoms with Crippen LogP contribution >= 0.6 is 0 Å². The van der Waals surface area contributed by atoms with Crippen LogP contribution in [0.1, 0.15) is 18.4 Å². The zero-order valence-electron chi connectivity index (χ0n) is 11.9. The smallest absolute Gasteiger partial charge is 0.316 e. The van der Waals surface area contributed by atoms with E-state index < -0.39 is 0 Å². The third-order valence-electron chi connectivity index (χ3n) is 3.45. The van der Waals surface area contributed by atoms with Crippen molar-refractivity contribution in [2.75, 3.05) is 18.0 Å². The highest BCUT2D eigenvalue weighted by atomic mass is 19.1. The second kappa shape index (κ2) is 6.03. The number of halogens is 1. The first kappa shape index (κ1) is 13.7. The van der Waals surface area contributed by atoms with E-state index in [9.17, 15) is 4.39 Å². The standard InChI is InChI=1S/C15H17FN4O/c1-11-8-18-15(19-9-11)21-12-4-3-7-20(10-12)14-13(16)5-2-6-17-14/h2,5-6,8-9,12H,3-4,7,10H2,1H3. The topological polar surface area (TPSA) is 51.1 Å². The molecule has 1 aliphatic heterocycles. The van der Waals surface area contributed by atoms with Gasteiger partial charge in [0.15, 0.2) is 11.6 Å². The summed E-state index contributed by atoms with van der Waals surface area (Å²) in [5, 5.41) is 0. The molecule has 0 aromatic carbocycles. The average molecular weight is 288 g/mol. The van der Waals surface area contributed by atoms with Crippen molar-refractivity contribution in [3.05, 3.63) is 42.1 Å². The van der Waals surface area contributed by atoms with Gasteiger partial charge in [0.2, 0.25) is 0 Å². The van der Waals surface area contributed by atoms with Crippen molar-refractivity contribution in [3.8, 4) is 6.01 Å². The molecule has 3 heterocycles. The van der Waals surface area contributed by atoms with Crippen LogP contribution in [0.4, 0.5) is 10.2 Å². The van der Waals surface area contributed by atoms with Crippen LogP contribution < -0.4 is 9.64 Å². The van der Waals surface area contributed by atoms with E-state index in [0.29, 0.717) is 18.4 Å². The number of aryl methyl sites for hydroxylation is 1. The zero-order chi connectivity index (χ0) is 14.7.